The Bertz CT molecular complexity index is 1160. The van der Waals surface area contributed by atoms with Crippen LogP contribution < -0.4 is 14.4 Å². The fourth-order valence-electron chi connectivity index (χ4n) is 5.09. The van der Waals surface area contributed by atoms with Crippen molar-refractivity contribution in [2.75, 3.05) is 18.0 Å². The highest BCUT2D eigenvalue weighted by molar-refractivity contribution is 7.92. The molecule has 1 atom stereocenters. The molecule has 0 spiro atoms. The van der Waals surface area contributed by atoms with Crippen molar-refractivity contribution in [1.82, 2.24) is 5.32 Å². The van der Waals surface area contributed by atoms with Gasteiger partial charge in [-0.15, -0.1) is 0 Å². The average Bonchev–Trinajstić information content (AvgIpc) is 3.37. The Kier molecular flexibility index (Phi) is 9.51. The molecule has 1 aliphatic rings. The second-order valence-electron chi connectivity index (χ2n) is 10.7. The molecule has 3 rings (SSSR count). The maximum Gasteiger partial charge on any atom is 0.264 e. The molecule has 1 saturated carbocycles. The van der Waals surface area contributed by atoms with E-state index < -0.39 is 10.0 Å². The highest BCUT2D eigenvalue weighted by atomic mass is 32.2. The van der Waals surface area contributed by atoms with Gasteiger partial charge in [0, 0.05) is 18.0 Å². The number of ether oxygens (including phenoxy) is 1. The van der Waals surface area contributed by atoms with Gasteiger partial charge < -0.3 is 15.2 Å². The number of amides is 1. The number of sulfonamides is 1. The van der Waals surface area contributed by atoms with Crippen LogP contribution >= 0.6 is 0 Å². The summed E-state index contributed by atoms with van der Waals surface area (Å²) in [4.78, 5) is 13.0. The molecular formula is C29H42N2O5S. The molecule has 0 aromatic heterocycles. The van der Waals surface area contributed by atoms with Crippen LogP contribution in [0.3, 0.4) is 0 Å². The van der Waals surface area contributed by atoms with Crippen LogP contribution in [0.15, 0.2) is 47.4 Å². The molecule has 204 valence electrons. The van der Waals surface area contributed by atoms with Crippen LogP contribution in [0, 0.1) is 11.3 Å². The first-order chi connectivity index (χ1) is 17.5. The molecule has 8 heteroatoms. The van der Waals surface area contributed by atoms with Gasteiger partial charge in [0.25, 0.3) is 10.0 Å². The molecule has 0 radical (unpaired) electrons. The SMILES string of the molecule is CCC1(C(=O)N[C@@H](C)CCc2ccc(N(CC(C)C)S(=O)(=O)c3ccc(OC)cc3)c(O)c2)CCCC1. The lowest BCUT2D eigenvalue weighted by atomic mass is 9.82. The lowest BCUT2D eigenvalue weighted by molar-refractivity contribution is -0.131. The van der Waals surface area contributed by atoms with Gasteiger partial charge in [-0.05, 0) is 86.9 Å². The van der Waals surface area contributed by atoms with Gasteiger partial charge in [-0.2, -0.15) is 0 Å². The van der Waals surface area contributed by atoms with Gasteiger partial charge in [0.2, 0.25) is 5.91 Å². The Hall–Kier alpha value is -2.74. The molecular weight excluding hydrogens is 488 g/mol. The van der Waals surface area contributed by atoms with Crippen molar-refractivity contribution in [3.63, 3.8) is 0 Å². The van der Waals surface area contributed by atoms with Crippen LogP contribution in [-0.4, -0.2) is 39.1 Å². The van der Waals surface area contributed by atoms with Gasteiger partial charge in [0.1, 0.15) is 11.5 Å². The van der Waals surface area contributed by atoms with Crippen molar-refractivity contribution in [1.29, 1.82) is 0 Å². The van der Waals surface area contributed by atoms with Gasteiger partial charge in [0.05, 0.1) is 17.7 Å². The maximum absolute atomic E-state index is 13.5. The fourth-order valence-corrected chi connectivity index (χ4v) is 6.74. The summed E-state index contributed by atoms with van der Waals surface area (Å²) >= 11 is 0. The van der Waals surface area contributed by atoms with Crippen LogP contribution in [0.4, 0.5) is 5.69 Å². The summed E-state index contributed by atoms with van der Waals surface area (Å²) < 4.78 is 33.5. The molecule has 7 nitrogen and oxygen atoms in total. The molecule has 2 aromatic carbocycles. The number of phenolic OH excluding ortho intramolecular Hbond substituents is 1. The van der Waals surface area contributed by atoms with Crippen molar-refractivity contribution in [3.05, 3.63) is 48.0 Å². The van der Waals surface area contributed by atoms with Gasteiger partial charge in [-0.3, -0.25) is 9.10 Å². The van der Waals surface area contributed by atoms with E-state index in [1.54, 1.807) is 24.3 Å². The zero-order chi connectivity index (χ0) is 27.2. The van der Waals surface area contributed by atoms with Gasteiger partial charge in [0.15, 0.2) is 0 Å². The van der Waals surface area contributed by atoms with Crippen LogP contribution in [0.5, 0.6) is 11.5 Å². The lowest BCUT2D eigenvalue weighted by Gasteiger charge is -2.28. The van der Waals surface area contributed by atoms with Crippen molar-refractivity contribution in [3.8, 4) is 11.5 Å². The quantitative estimate of drug-likeness (QED) is 0.369. The maximum atomic E-state index is 13.5. The number of anilines is 1. The number of nitrogens with one attached hydrogen (secondary N) is 1. The van der Waals surface area contributed by atoms with Crippen molar-refractivity contribution in [2.45, 2.75) is 83.6 Å². The van der Waals surface area contributed by atoms with Crippen molar-refractivity contribution < 1.29 is 23.1 Å². The third-order valence-corrected chi connectivity index (χ3v) is 9.24. The van der Waals surface area contributed by atoms with Crippen LogP contribution in [-0.2, 0) is 21.2 Å². The zero-order valence-corrected chi connectivity index (χ0v) is 23.6. The topological polar surface area (TPSA) is 95.9 Å². The lowest BCUT2D eigenvalue weighted by Crippen LogP contribution is -2.43. The van der Waals surface area contributed by atoms with E-state index in [1.807, 2.05) is 26.8 Å². The first-order valence-electron chi connectivity index (χ1n) is 13.3. The Morgan fingerprint density at radius 3 is 2.30 bits per heavy atom. The second-order valence-corrected chi connectivity index (χ2v) is 12.5. The normalized spacial score (nSPS) is 15.9. The number of methoxy groups -OCH3 is 1. The molecule has 2 N–H and O–H groups in total. The molecule has 0 saturated heterocycles. The van der Waals surface area contributed by atoms with E-state index in [0.717, 1.165) is 44.1 Å². The van der Waals surface area contributed by atoms with Crippen molar-refractivity contribution in [2.24, 2.45) is 11.3 Å². The molecule has 2 aromatic rings. The Morgan fingerprint density at radius 2 is 1.76 bits per heavy atom. The molecule has 1 fully saturated rings. The number of carbonyl (C=O) groups is 1. The second kappa shape index (κ2) is 12.2. The number of benzene rings is 2. The van der Waals surface area contributed by atoms with Gasteiger partial charge in [-0.25, -0.2) is 8.42 Å². The monoisotopic (exact) mass is 530 g/mol. The molecule has 37 heavy (non-hydrogen) atoms. The summed E-state index contributed by atoms with van der Waals surface area (Å²) in [5.74, 6) is 0.692. The first-order valence-corrected chi connectivity index (χ1v) is 14.8. The van der Waals surface area contributed by atoms with Crippen LogP contribution in [0.2, 0.25) is 0 Å². The number of nitrogens with zero attached hydrogens (tertiary/aromatic N) is 1. The summed E-state index contributed by atoms with van der Waals surface area (Å²) in [6.45, 7) is 8.20. The number of carbonyl (C=O) groups excluding carboxylic acids is 1. The molecule has 0 bridgehead atoms. The van der Waals surface area contributed by atoms with E-state index in [2.05, 4.69) is 12.2 Å². The highest BCUT2D eigenvalue weighted by Gasteiger charge is 2.39. The standard InChI is InChI=1S/C29H42N2O5S/c1-6-29(17-7-8-18-29)28(33)30-22(4)9-10-23-11-16-26(27(32)19-23)31(20-21(2)3)37(34,35)25-14-12-24(36-5)13-15-25/h11-16,19,21-22,32H,6-10,17-18,20H2,1-5H3,(H,30,33)/t22-/m0/s1. The number of aryl methyl sites for hydroxylation is 1. The number of phenols is 1. The Balaban J connectivity index is 1.73. The molecule has 0 aliphatic heterocycles. The average molecular weight is 531 g/mol. The Labute approximate surface area is 222 Å². The van der Waals surface area contributed by atoms with Crippen LogP contribution in [0.1, 0.15) is 71.8 Å². The fraction of sp³-hybridized carbons (Fsp3) is 0.552. The first kappa shape index (κ1) is 28.8. The smallest absolute Gasteiger partial charge is 0.264 e. The van der Waals surface area contributed by atoms with E-state index in [0.29, 0.717) is 12.2 Å². The minimum absolute atomic E-state index is 0.00577. The Morgan fingerprint density at radius 1 is 1.11 bits per heavy atom. The molecule has 1 amide bonds. The highest BCUT2D eigenvalue weighted by Crippen LogP contribution is 2.41. The van der Waals surface area contributed by atoms with E-state index >= 15 is 0 Å². The number of hydrogen-bond acceptors (Lipinski definition) is 5. The summed E-state index contributed by atoms with van der Waals surface area (Å²) in [7, 11) is -2.37. The molecule has 1 aliphatic carbocycles. The minimum atomic E-state index is -3.90. The minimum Gasteiger partial charge on any atom is -0.506 e. The van der Waals surface area contributed by atoms with Gasteiger partial charge in [-0.1, -0.05) is 39.7 Å². The third-order valence-electron chi connectivity index (χ3n) is 7.45. The summed E-state index contributed by atoms with van der Waals surface area (Å²) in [5.41, 5.74) is 0.921. The van der Waals surface area contributed by atoms with E-state index in [1.165, 1.54) is 23.5 Å². The van der Waals surface area contributed by atoms with Crippen molar-refractivity contribution >= 4 is 21.6 Å². The zero-order valence-electron chi connectivity index (χ0n) is 22.8. The summed E-state index contributed by atoms with van der Waals surface area (Å²) in [6.07, 6.45) is 6.40. The summed E-state index contributed by atoms with van der Waals surface area (Å²) in [5, 5.41) is 14.1. The van der Waals surface area contributed by atoms with E-state index in [4.69, 9.17) is 4.74 Å². The van der Waals surface area contributed by atoms with E-state index in [9.17, 15) is 18.3 Å². The predicted octanol–water partition coefficient (Wildman–Crippen LogP) is 5.66. The van der Waals surface area contributed by atoms with Crippen LogP contribution in [0.25, 0.3) is 0 Å². The number of aromatic hydroxyl groups is 1. The summed E-state index contributed by atoms with van der Waals surface area (Å²) in [6, 6.07) is 11.4. The van der Waals surface area contributed by atoms with Gasteiger partial charge >= 0.3 is 0 Å². The largest absolute Gasteiger partial charge is 0.506 e. The number of hydrogen-bond donors (Lipinski definition) is 2. The number of rotatable bonds is 12. The third kappa shape index (κ3) is 6.78. The molecule has 0 heterocycles. The van der Waals surface area contributed by atoms with E-state index in [-0.39, 0.29) is 46.2 Å². The predicted molar refractivity (Wildman–Crippen MR) is 148 cm³/mol. The molecule has 0 unspecified atom stereocenters.